The summed E-state index contributed by atoms with van der Waals surface area (Å²) in [6.45, 7) is 40.4. The van der Waals surface area contributed by atoms with Crippen molar-refractivity contribution in [2.75, 3.05) is 0 Å². The first-order valence-corrected chi connectivity index (χ1v) is 14.5. The molecule has 0 saturated carbocycles. The predicted molar refractivity (Wildman–Crippen MR) is 178 cm³/mol. The quantitative estimate of drug-likeness (QED) is 0.356. The van der Waals surface area contributed by atoms with E-state index < -0.39 is 0 Å². The Morgan fingerprint density at radius 3 is 1.64 bits per heavy atom. The summed E-state index contributed by atoms with van der Waals surface area (Å²) in [5, 5.41) is 0. The van der Waals surface area contributed by atoms with E-state index in [4.69, 9.17) is 0 Å². The highest BCUT2D eigenvalue weighted by Gasteiger charge is 2.29. The minimum atomic E-state index is -0.148. The van der Waals surface area contributed by atoms with E-state index in [0.29, 0.717) is 17.8 Å². The Balaban J connectivity index is 2.77. The fraction of sp³-hybridized carbons (Fsp3) is 0.405. The van der Waals surface area contributed by atoms with E-state index in [0.717, 1.165) is 22.3 Å². The van der Waals surface area contributed by atoms with Crippen molar-refractivity contribution in [3.8, 4) is 0 Å². The van der Waals surface area contributed by atoms with Crippen LogP contribution in [0.5, 0.6) is 0 Å². The Kier molecular flexibility index (Phi) is 11.1. The van der Waals surface area contributed by atoms with Gasteiger partial charge in [-0.3, -0.25) is 0 Å². The number of benzene rings is 1. The van der Waals surface area contributed by atoms with Crippen molar-refractivity contribution in [2.45, 2.75) is 92.5 Å². The number of nitrogens with zero attached hydrogens (tertiary/aromatic N) is 1. The van der Waals surface area contributed by atoms with Crippen molar-refractivity contribution in [3.05, 3.63) is 126 Å². The van der Waals surface area contributed by atoms with Crippen LogP contribution in [0.15, 0.2) is 109 Å². The molecule has 0 amide bonds. The van der Waals surface area contributed by atoms with Gasteiger partial charge in [-0.15, -0.1) is 13.2 Å². The lowest BCUT2D eigenvalue weighted by atomic mass is 9.34. The molecule has 0 aromatic heterocycles. The average molecular weight is 522 g/mol. The highest BCUT2D eigenvalue weighted by Crippen LogP contribution is 2.30. The van der Waals surface area contributed by atoms with Gasteiger partial charge in [-0.2, -0.15) is 0 Å². The van der Waals surface area contributed by atoms with Gasteiger partial charge in [-0.25, -0.2) is 0 Å². The van der Waals surface area contributed by atoms with Crippen molar-refractivity contribution in [1.82, 2.24) is 4.90 Å². The van der Waals surface area contributed by atoms with E-state index >= 15 is 0 Å². The molecule has 1 aromatic rings. The van der Waals surface area contributed by atoms with Gasteiger partial charge in [-0.1, -0.05) is 127 Å². The summed E-state index contributed by atoms with van der Waals surface area (Å²) < 4.78 is 0. The van der Waals surface area contributed by atoms with Crippen LogP contribution in [0, 0.1) is 5.92 Å². The number of hydrogen-bond acceptors (Lipinski definition) is 1. The molecule has 0 spiro atoms. The molecule has 1 aliphatic heterocycles. The number of rotatable bonds is 4. The summed E-state index contributed by atoms with van der Waals surface area (Å²) in [6.07, 6.45) is 17.0. The minimum Gasteiger partial charge on any atom is -0.337 e. The maximum atomic E-state index is 4.61. The number of allylic oxidation sites excluding steroid dienone is 10. The molecule has 1 unspecified atom stereocenters. The van der Waals surface area contributed by atoms with Crippen molar-refractivity contribution in [1.29, 1.82) is 0 Å². The first-order chi connectivity index (χ1) is 18.1. The van der Waals surface area contributed by atoms with Gasteiger partial charge in [0.25, 0.3) is 0 Å². The molecule has 1 atom stereocenters. The third-order valence-electron chi connectivity index (χ3n) is 7.37. The summed E-state index contributed by atoms with van der Waals surface area (Å²) in [4.78, 5) is 2.18. The summed E-state index contributed by atoms with van der Waals surface area (Å²) >= 11 is 0. The molecule has 2 heteroatoms. The molecular weight excluding hydrogens is 469 g/mol. The lowest BCUT2D eigenvalue weighted by Crippen LogP contribution is -2.40. The molecule has 39 heavy (non-hydrogen) atoms. The Morgan fingerprint density at radius 1 is 0.692 bits per heavy atom. The van der Waals surface area contributed by atoms with E-state index in [1.807, 2.05) is 0 Å². The fourth-order valence-electron chi connectivity index (χ4n) is 5.29. The topological polar surface area (TPSA) is 3.24 Å². The first-order valence-electron chi connectivity index (χ1n) is 14.5. The molecule has 1 aromatic carbocycles. The van der Waals surface area contributed by atoms with E-state index in [1.54, 1.807) is 0 Å². The Morgan fingerprint density at radius 2 is 1.15 bits per heavy atom. The molecule has 1 aliphatic rings. The van der Waals surface area contributed by atoms with Gasteiger partial charge in [0, 0.05) is 16.9 Å². The highest BCUT2D eigenvalue weighted by atomic mass is 15.2. The van der Waals surface area contributed by atoms with E-state index in [1.165, 1.54) is 22.2 Å². The lowest BCUT2D eigenvalue weighted by Gasteiger charge is -2.38. The standard InChI is InChI=1S/C37H52BN/c1-25(2)33-23-34(26(3)4)36(35(24-33)27(5)6)38-29(8)17-15-16-18-31(10)39(37(12,13)14)32(11)22-20-28(7)19-21-30(38)9/h15-28H,8-11H2,1-7,12-14H3/b17-15-,18-16-,21-19-,22-20-. The lowest BCUT2D eigenvalue weighted by molar-refractivity contribution is 0.252. The summed E-state index contributed by atoms with van der Waals surface area (Å²) in [5.74, 6) is 1.47. The number of hydrogen-bond donors (Lipinski definition) is 0. The summed E-state index contributed by atoms with van der Waals surface area (Å²) in [5.41, 5.74) is 9.32. The summed E-state index contributed by atoms with van der Waals surface area (Å²) in [7, 11) is 0. The Hall–Kier alpha value is -3.00. The average Bonchev–Trinajstić information content (AvgIpc) is 2.82. The van der Waals surface area contributed by atoms with Crippen molar-refractivity contribution >= 4 is 12.2 Å². The molecule has 0 aliphatic carbocycles. The normalized spacial score (nSPS) is 21.4. The molecule has 1 nitrogen and oxygen atoms in total. The molecular formula is C37H52BN. The van der Waals surface area contributed by atoms with Gasteiger partial charge >= 0.3 is 0 Å². The monoisotopic (exact) mass is 521 g/mol. The van der Waals surface area contributed by atoms with Crippen LogP contribution in [0.2, 0.25) is 0 Å². The van der Waals surface area contributed by atoms with Crippen LogP contribution in [0.4, 0.5) is 0 Å². The maximum absolute atomic E-state index is 4.61. The summed E-state index contributed by atoms with van der Waals surface area (Å²) in [6, 6.07) is 4.84. The smallest absolute Gasteiger partial charge is 0.240 e. The van der Waals surface area contributed by atoms with Crippen molar-refractivity contribution < 1.29 is 0 Å². The van der Waals surface area contributed by atoms with Crippen LogP contribution in [0.1, 0.15) is 104 Å². The zero-order valence-electron chi connectivity index (χ0n) is 26.4. The maximum Gasteiger partial charge on any atom is 0.240 e. The van der Waals surface area contributed by atoms with Crippen molar-refractivity contribution in [2.24, 2.45) is 5.92 Å². The van der Waals surface area contributed by atoms with Gasteiger partial charge in [0.2, 0.25) is 6.71 Å². The molecule has 0 saturated heterocycles. The van der Waals surface area contributed by atoms with Crippen molar-refractivity contribution in [3.63, 3.8) is 0 Å². The third kappa shape index (κ3) is 8.25. The second-order valence-electron chi connectivity index (χ2n) is 12.9. The zero-order chi connectivity index (χ0) is 29.7. The molecule has 1 heterocycles. The van der Waals surface area contributed by atoms with E-state index in [-0.39, 0.29) is 18.2 Å². The second-order valence-corrected chi connectivity index (χ2v) is 12.9. The van der Waals surface area contributed by atoms with E-state index in [9.17, 15) is 0 Å². The van der Waals surface area contributed by atoms with Crippen LogP contribution in [-0.4, -0.2) is 17.2 Å². The molecule has 0 bridgehead atoms. The van der Waals surface area contributed by atoms with Crippen LogP contribution in [0.25, 0.3) is 0 Å². The molecule has 0 N–H and O–H groups in total. The molecule has 0 fully saturated rings. The predicted octanol–water partition coefficient (Wildman–Crippen LogP) is 9.95. The Bertz CT molecular complexity index is 1180. The molecule has 208 valence electrons. The van der Waals surface area contributed by atoms with Gasteiger partial charge in [0.1, 0.15) is 0 Å². The largest absolute Gasteiger partial charge is 0.337 e. The third-order valence-corrected chi connectivity index (χ3v) is 7.37. The van der Waals surface area contributed by atoms with E-state index in [2.05, 4.69) is 161 Å². The zero-order valence-corrected chi connectivity index (χ0v) is 26.4. The highest BCUT2D eigenvalue weighted by molar-refractivity contribution is 6.87. The van der Waals surface area contributed by atoms with Gasteiger partial charge in [-0.05, 0) is 73.3 Å². The molecule has 0 radical (unpaired) electrons. The Labute approximate surface area is 241 Å². The fourth-order valence-corrected chi connectivity index (χ4v) is 5.29. The van der Waals surface area contributed by atoms with Gasteiger partial charge in [0.15, 0.2) is 0 Å². The minimum absolute atomic E-state index is 0.00698. The van der Waals surface area contributed by atoms with Gasteiger partial charge in [0.05, 0.1) is 0 Å². The van der Waals surface area contributed by atoms with Crippen LogP contribution >= 0.6 is 0 Å². The van der Waals surface area contributed by atoms with Crippen LogP contribution in [0.3, 0.4) is 0 Å². The second kappa shape index (κ2) is 13.4. The molecule has 2 rings (SSSR count). The SMILES string of the molecule is C=C1/C=C\C=C/C(=C)N(C(C)(C)C)C(=C)/C=C\C(C)/C=C\C(=C)B1c1c(C(C)C)cc(C(C)C)cc1C(C)C. The first kappa shape index (κ1) is 32.2. The van der Waals surface area contributed by atoms with Gasteiger partial charge < -0.3 is 4.90 Å². The van der Waals surface area contributed by atoms with Crippen LogP contribution < -0.4 is 5.46 Å². The van der Waals surface area contributed by atoms with Crippen LogP contribution in [-0.2, 0) is 0 Å².